The van der Waals surface area contributed by atoms with Gasteiger partial charge in [0.25, 0.3) is 5.91 Å². The monoisotopic (exact) mass is 302 g/mol. The minimum absolute atomic E-state index is 0.131. The maximum atomic E-state index is 11.9. The number of carbonyl (C=O) groups is 2. The highest BCUT2D eigenvalue weighted by Crippen LogP contribution is 2.24. The number of nitrogens with one attached hydrogen (secondary N) is 2. The zero-order chi connectivity index (χ0) is 15.9. The summed E-state index contributed by atoms with van der Waals surface area (Å²) in [7, 11) is 1.60. The van der Waals surface area contributed by atoms with Crippen LogP contribution in [0.2, 0.25) is 0 Å². The highest BCUT2D eigenvalue weighted by atomic mass is 16.5. The molecule has 1 aromatic heterocycles. The number of benzene rings is 1. The third-order valence-corrected chi connectivity index (χ3v) is 2.99. The lowest BCUT2D eigenvalue weighted by Gasteiger charge is -2.04. The van der Waals surface area contributed by atoms with E-state index in [0.29, 0.717) is 18.8 Å². The summed E-state index contributed by atoms with van der Waals surface area (Å²) in [4.78, 5) is 22.6. The van der Waals surface area contributed by atoms with E-state index >= 15 is 0 Å². The lowest BCUT2D eigenvalue weighted by Crippen LogP contribution is -2.33. The Morgan fingerprint density at radius 2 is 1.73 bits per heavy atom. The highest BCUT2D eigenvalue weighted by Gasteiger charge is 2.11. The van der Waals surface area contributed by atoms with Crippen molar-refractivity contribution in [3.8, 4) is 17.1 Å². The first-order chi connectivity index (χ1) is 10.6. The lowest BCUT2D eigenvalue weighted by molar-refractivity contribution is -0.118. The van der Waals surface area contributed by atoms with Crippen LogP contribution in [-0.2, 0) is 4.79 Å². The molecule has 0 radical (unpaired) electrons. The minimum Gasteiger partial charge on any atom is -0.497 e. The second-order valence-corrected chi connectivity index (χ2v) is 4.63. The standard InChI is InChI=1S/C16H18N2O4/c1-11(19)17-9-10-18-16(20)15-8-7-14(22-15)12-3-5-13(21-2)6-4-12/h3-8H,9-10H2,1-2H3,(H,17,19)(H,18,20). The normalized spacial score (nSPS) is 10.1. The number of ether oxygens (including phenoxy) is 1. The van der Waals surface area contributed by atoms with Crippen LogP contribution in [0.4, 0.5) is 0 Å². The molecule has 1 aromatic carbocycles. The van der Waals surface area contributed by atoms with Gasteiger partial charge in [0.15, 0.2) is 5.76 Å². The summed E-state index contributed by atoms with van der Waals surface area (Å²) < 4.78 is 10.6. The van der Waals surface area contributed by atoms with Gasteiger partial charge in [-0.1, -0.05) is 0 Å². The Balaban J connectivity index is 1.95. The molecule has 2 aromatic rings. The summed E-state index contributed by atoms with van der Waals surface area (Å²) in [5, 5.41) is 5.27. The molecule has 0 saturated carbocycles. The Kier molecular flexibility index (Phi) is 5.19. The molecule has 0 aliphatic rings. The molecule has 0 spiro atoms. The predicted molar refractivity (Wildman–Crippen MR) is 81.7 cm³/mol. The van der Waals surface area contributed by atoms with Gasteiger partial charge < -0.3 is 19.8 Å². The van der Waals surface area contributed by atoms with Crippen molar-refractivity contribution in [1.29, 1.82) is 0 Å². The Labute approximate surface area is 128 Å². The SMILES string of the molecule is COc1ccc(-c2ccc(C(=O)NCCNC(C)=O)o2)cc1. The molecule has 22 heavy (non-hydrogen) atoms. The van der Waals surface area contributed by atoms with E-state index in [4.69, 9.17) is 9.15 Å². The van der Waals surface area contributed by atoms with Crippen molar-refractivity contribution < 1.29 is 18.7 Å². The number of hydrogen-bond acceptors (Lipinski definition) is 4. The summed E-state index contributed by atoms with van der Waals surface area (Å²) >= 11 is 0. The van der Waals surface area contributed by atoms with Crippen LogP contribution in [0.15, 0.2) is 40.8 Å². The van der Waals surface area contributed by atoms with E-state index < -0.39 is 0 Å². The molecule has 0 atom stereocenters. The van der Waals surface area contributed by atoms with E-state index in [2.05, 4.69) is 10.6 Å². The minimum atomic E-state index is -0.315. The molecule has 0 bridgehead atoms. The Morgan fingerprint density at radius 1 is 1.05 bits per heavy atom. The van der Waals surface area contributed by atoms with Gasteiger partial charge in [-0.25, -0.2) is 0 Å². The molecule has 0 aliphatic carbocycles. The quantitative estimate of drug-likeness (QED) is 0.798. The molecule has 0 aliphatic heterocycles. The number of carbonyl (C=O) groups excluding carboxylic acids is 2. The molecule has 2 N–H and O–H groups in total. The average molecular weight is 302 g/mol. The van der Waals surface area contributed by atoms with Gasteiger partial charge in [-0.15, -0.1) is 0 Å². The van der Waals surface area contributed by atoms with Gasteiger partial charge in [0.1, 0.15) is 11.5 Å². The summed E-state index contributed by atoms with van der Waals surface area (Å²) in [5.74, 6) is 1.15. The molecule has 6 heteroatoms. The maximum Gasteiger partial charge on any atom is 0.287 e. The maximum absolute atomic E-state index is 11.9. The van der Waals surface area contributed by atoms with Crippen LogP contribution in [0, 0.1) is 0 Å². The van der Waals surface area contributed by atoms with Crippen molar-refractivity contribution in [3.63, 3.8) is 0 Å². The number of methoxy groups -OCH3 is 1. The molecule has 116 valence electrons. The van der Waals surface area contributed by atoms with E-state index in [1.165, 1.54) is 6.92 Å². The smallest absolute Gasteiger partial charge is 0.287 e. The van der Waals surface area contributed by atoms with Gasteiger partial charge in [-0.2, -0.15) is 0 Å². The third-order valence-electron chi connectivity index (χ3n) is 2.99. The van der Waals surface area contributed by atoms with Gasteiger partial charge >= 0.3 is 0 Å². The fourth-order valence-corrected chi connectivity index (χ4v) is 1.87. The summed E-state index contributed by atoms with van der Waals surface area (Å²) in [6, 6.07) is 10.7. The second-order valence-electron chi connectivity index (χ2n) is 4.63. The molecule has 2 rings (SSSR count). The molecular formula is C16H18N2O4. The predicted octanol–water partition coefficient (Wildman–Crippen LogP) is 1.82. The van der Waals surface area contributed by atoms with Crippen molar-refractivity contribution in [2.75, 3.05) is 20.2 Å². The topological polar surface area (TPSA) is 80.6 Å². The Bertz CT molecular complexity index is 646. The Morgan fingerprint density at radius 3 is 2.36 bits per heavy atom. The van der Waals surface area contributed by atoms with Crippen LogP contribution in [0.1, 0.15) is 17.5 Å². The lowest BCUT2D eigenvalue weighted by atomic mass is 10.2. The van der Waals surface area contributed by atoms with Crippen LogP contribution in [0.25, 0.3) is 11.3 Å². The first-order valence-corrected chi connectivity index (χ1v) is 6.87. The highest BCUT2D eigenvalue weighted by molar-refractivity contribution is 5.92. The van der Waals surface area contributed by atoms with E-state index in [1.54, 1.807) is 19.2 Å². The molecule has 0 fully saturated rings. The van der Waals surface area contributed by atoms with Crippen LogP contribution in [-0.4, -0.2) is 32.0 Å². The zero-order valence-electron chi connectivity index (χ0n) is 12.5. The van der Waals surface area contributed by atoms with E-state index in [1.807, 2.05) is 24.3 Å². The summed E-state index contributed by atoms with van der Waals surface area (Å²) in [5.41, 5.74) is 0.859. The van der Waals surface area contributed by atoms with Crippen molar-refractivity contribution in [2.24, 2.45) is 0 Å². The van der Waals surface area contributed by atoms with Crippen molar-refractivity contribution >= 4 is 11.8 Å². The summed E-state index contributed by atoms with van der Waals surface area (Å²) in [6.45, 7) is 2.15. The van der Waals surface area contributed by atoms with Gasteiger partial charge in [0, 0.05) is 25.6 Å². The Hall–Kier alpha value is -2.76. The number of rotatable bonds is 6. The van der Waals surface area contributed by atoms with Crippen molar-refractivity contribution in [3.05, 3.63) is 42.2 Å². The van der Waals surface area contributed by atoms with Gasteiger partial charge in [0.05, 0.1) is 7.11 Å². The van der Waals surface area contributed by atoms with Gasteiger partial charge in [0.2, 0.25) is 5.91 Å². The molecule has 6 nitrogen and oxygen atoms in total. The van der Waals surface area contributed by atoms with Crippen LogP contribution in [0.3, 0.4) is 0 Å². The van der Waals surface area contributed by atoms with E-state index in [0.717, 1.165) is 11.3 Å². The fourth-order valence-electron chi connectivity index (χ4n) is 1.87. The van der Waals surface area contributed by atoms with Crippen LogP contribution in [0.5, 0.6) is 5.75 Å². The molecule has 1 heterocycles. The number of hydrogen-bond donors (Lipinski definition) is 2. The number of amides is 2. The van der Waals surface area contributed by atoms with E-state index in [-0.39, 0.29) is 17.6 Å². The molecular weight excluding hydrogens is 284 g/mol. The fraction of sp³-hybridized carbons (Fsp3) is 0.250. The van der Waals surface area contributed by atoms with Crippen LogP contribution < -0.4 is 15.4 Å². The largest absolute Gasteiger partial charge is 0.497 e. The first kappa shape index (κ1) is 15.6. The van der Waals surface area contributed by atoms with Gasteiger partial charge in [-0.3, -0.25) is 9.59 Å². The van der Waals surface area contributed by atoms with E-state index in [9.17, 15) is 9.59 Å². The third kappa shape index (κ3) is 4.12. The first-order valence-electron chi connectivity index (χ1n) is 6.87. The molecule has 2 amide bonds. The summed E-state index contributed by atoms with van der Waals surface area (Å²) in [6.07, 6.45) is 0. The molecule has 0 unspecified atom stereocenters. The average Bonchev–Trinajstić information content (AvgIpc) is 3.01. The van der Waals surface area contributed by atoms with Gasteiger partial charge in [-0.05, 0) is 36.4 Å². The van der Waals surface area contributed by atoms with Crippen LogP contribution >= 0.6 is 0 Å². The van der Waals surface area contributed by atoms with Crippen molar-refractivity contribution in [1.82, 2.24) is 10.6 Å². The second kappa shape index (κ2) is 7.31. The molecule has 0 saturated heterocycles. The zero-order valence-corrected chi connectivity index (χ0v) is 12.5. The van der Waals surface area contributed by atoms with Crippen molar-refractivity contribution in [2.45, 2.75) is 6.92 Å². The number of furan rings is 1.